The number of hydrogen-bond donors (Lipinski definition) is 0. The van der Waals surface area contributed by atoms with E-state index in [1.54, 1.807) is 0 Å². The maximum atomic E-state index is 10.4. The predicted octanol–water partition coefficient (Wildman–Crippen LogP) is 4.98. The molecular formula is C30H46O6Ti+2. The largest absolute Gasteiger partial charge is 0.362 e. The Balaban J connectivity index is 0.000000168. The quantitative estimate of drug-likeness (QED) is 0.140. The molecule has 0 aromatic carbocycles. The van der Waals surface area contributed by atoms with Crippen molar-refractivity contribution in [1.29, 1.82) is 0 Å². The van der Waals surface area contributed by atoms with Crippen LogP contribution in [-0.4, -0.2) is 55.9 Å². The molecule has 0 unspecified atom stereocenters. The van der Waals surface area contributed by atoms with E-state index >= 15 is 0 Å². The summed E-state index contributed by atoms with van der Waals surface area (Å²) < 4.78 is 10.0. The zero-order valence-electron chi connectivity index (χ0n) is 22.6. The van der Waals surface area contributed by atoms with Gasteiger partial charge in [-0.3, -0.25) is 0 Å². The van der Waals surface area contributed by atoms with Crippen molar-refractivity contribution in [3.8, 4) is 0 Å². The van der Waals surface area contributed by atoms with Gasteiger partial charge in [0, 0.05) is 21.7 Å². The number of carbonyl (C=O) groups excluding carboxylic acids is 4. The van der Waals surface area contributed by atoms with Crippen LogP contribution in [0.25, 0.3) is 0 Å². The van der Waals surface area contributed by atoms with Crippen molar-refractivity contribution < 1.29 is 50.4 Å². The number of ether oxygens (including phenoxy) is 2. The van der Waals surface area contributed by atoms with Crippen molar-refractivity contribution in [1.82, 2.24) is 0 Å². The number of ketones is 2. The molecule has 0 aliphatic heterocycles. The first-order chi connectivity index (χ1) is 17.2. The molecule has 0 radical (unpaired) electrons. The molecule has 8 fully saturated rings. The maximum absolute atomic E-state index is 10.4. The van der Waals surface area contributed by atoms with Crippen LogP contribution in [0.5, 0.6) is 0 Å². The van der Waals surface area contributed by atoms with Crippen LogP contribution in [0.15, 0.2) is 0 Å². The third-order valence-corrected chi connectivity index (χ3v) is 10.3. The summed E-state index contributed by atoms with van der Waals surface area (Å²) in [6, 6.07) is 0. The Kier molecular flexibility index (Phi) is 8.90. The molecular weight excluding hydrogens is 504 g/mol. The molecule has 37 heavy (non-hydrogen) atoms. The molecule has 8 aliphatic carbocycles. The molecule has 4 N–H and O–H groups in total. The van der Waals surface area contributed by atoms with Gasteiger partial charge in [0.15, 0.2) is 24.8 Å². The summed E-state index contributed by atoms with van der Waals surface area (Å²) in [4.78, 5) is 40.0. The Labute approximate surface area is 236 Å². The van der Waals surface area contributed by atoms with E-state index in [2.05, 4.69) is 0 Å². The van der Waals surface area contributed by atoms with Crippen molar-refractivity contribution in [3.63, 3.8) is 0 Å². The van der Waals surface area contributed by atoms with Gasteiger partial charge < -0.3 is 28.7 Å². The van der Waals surface area contributed by atoms with Crippen LogP contribution in [0, 0.1) is 59.2 Å². The average Bonchev–Trinajstić information content (AvgIpc) is 2.78. The van der Waals surface area contributed by atoms with E-state index in [-0.39, 0.29) is 44.5 Å². The van der Waals surface area contributed by atoms with Gasteiger partial charge in [-0.2, -0.15) is 0 Å². The van der Waals surface area contributed by atoms with Crippen LogP contribution in [0.3, 0.4) is 0 Å². The van der Waals surface area contributed by atoms with Crippen molar-refractivity contribution in [2.45, 2.75) is 90.9 Å². The summed E-state index contributed by atoms with van der Waals surface area (Å²) in [5.74, 6) is 5.17. The number of esters is 2. The molecule has 7 heteroatoms. The van der Waals surface area contributed by atoms with Gasteiger partial charge in [-0.15, -0.1) is 12.8 Å². The van der Waals surface area contributed by atoms with E-state index in [0.717, 1.165) is 74.0 Å². The minimum absolute atomic E-state index is 0. The standard InChI is InChI=1S/2C15H21O3.Ti/c2*1-2-18-14(17)6-13(16)15-7-10-3-11(8-15)5-12(4-10)9-15;/h2*6,10-12H,2-5,7-9H2,1H3;/q2*-1;/p+4. The van der Waals surface area contributed by atoms with Gasteiger partial charge >= 0.3 is 11.9 Å². The monoisotopic (exact) mass is 550 g/mol. The second-order valence-corrected chi connectivity index (χ2v) is 13.0. The summed E-state index contributed by atoms with van der Waals surface area (Å²) >= 11 is 0. The molecule has 8 saturated carbocycles. The number of rotatable bonds is 8. The zero-order chi connectivity index (χ0) is 25.5. The first-order valence-corrected chi connectivity index (χ1v) is 14.4. The fraction of sp³-hybridized carbons (Fsp3) is 0.800. The normalized spacial score (nSPS) is 39.5. The second-order valence-electron chi connectivity index (χ2n) is 13.0. The van der Waals surface area contributed by atoms with Crippen LogP contribution in [0.4, 0.5) is 0 Å². The zero-order valence-corrected chi connectivity index (χ0v) is 24.2. The van der Waals surface area contributed by atoms with Gasteiger partial charge in [0.1, 0.15) is 0 Å². The van der Waals surface area contributed by atoms with Crippen LogP contribution < -0.4 is 0 Å². The van der Waals surface area contributed by atoms with Gasteiger partial charge in [-0.05, 0) is 126 Å². The van der Waals surface area contributed by atoms with E-state index < -0.39 is 0 Å². The fourth-order valence-electron chi connectivity index (χ4n) is 9.77. The van der Waals surface area contributed by atoms with E-state index in [9.17, 15) is 19.2 Å². The van der Waals surface area contributed by atoms with Gasteiger partial charge in [0.05, 0.1) is 10.8 Å². The first kappa shape index (κ1) is 28.7. The minimum Gasteiger partial charge on any atom is -0.362 e. The van der Waals surface area contributed by atoms with Crippen molar-refractivity contribution in [2.24, 2.45) is 46.3 Å². The summed E-state index contributed by atoms with van der Waals surface area (Å²) in [6.45, 7) is 4.50. The molecule has 0 spiro atoms. The van der Waals surface area contributed by atoms with Gasteiger partial charge in [0.2, 0.25) is 0 Å². The van der Waals surface area contributed by atoms with E-state index in [0.29, 0.717) is 24.8 Å². The molecule has 204 valence electrons. The molecule has 0 saturated heterocycles. The van der Waals surface area contributed by atoms with Gasteiger partial charge in [-0.1, -0.05) is 0 Å². The van der Waals surface area contributed by atoms with Gasteiger partial charge in [-0.25, -0.2) is 0 Å². The third-order valence-electron chi connectivity index (χ3n) is 10.3. The smallest absolute Gasteiger partial charge is 0.352 e. The predicted molar refractivity (Wildman–Crippen MR) is 141 cm³/mol. The van der Waals surface area contributed by atoms with Crippen molar-refractivity contribution >= 4 is 23.5 Å². The Morgan fingerprint density at radius 1 is 0.568 bits per heavy atom. The fourth-order valence-corrected chi connectivity index (χ4v) is 9.77. The molecule has 0 amide bonds. The third kappa shape index (κ3) is 6.00. The molecule has 0 atom stereocenters. The Bertz CT molecular complexity index is 752. The van der Waals surface area contributed by atoms with Crippen LogP contribution in [0.2, 0.25) is 0 Å². The van der Waals surface area contributed by atoms with E-state index in [1.807, 2.05) is 13.8 Å². The molecule has 6 nitrogen and oxygen atoms in total. The van der Waals surface area contributed by atoms with Crippen LogP contribution in [-0.2, 0) is 31.2 Å². The average molecular weight is 551 g/mol. The van der Waals surface area contributed by atoms with Gasteiger partial charge in [0.25, 0.3) is 0 Å². The number of hydrogen-bond acceptors (Lipinski definition) is 2. The maximum Gasteiger partial charge on any atom is 0.352 e. The van der Waals surface area contributed by atoms with Crippen molar-refractivity contribution in [2.75, 3.05) is 13.2 Å². The van der Waals surface area contributed by atoms with Crippen molar-refractivity contribution in [3.05, 3.63) is 12.8 Å². The molecule has 8 rings (SSSR count). The molecule has 8 bridgehead atoms. The minimum atomic E-state index is -0.147. The summed E-state index contributed by atoms with van der Waals surface area (Å²) in [7, 11) is 0. The second kappa shape index (κ2) is 11.5. The van der Waals surface area contributed by atoms with Crippen LogP contribution >= 0.6 is 0 Å². The van der Waals surface area contributed by atoms with E-state index in [1.165, 1.54) is 51.4 Å². The topological polar surface area (TPSA) is 104 Å². The van der Waals surface area contributed by atoms with Crippen LogP contribution in [0.1, 0.15) is 90.9 Å². The first-order valence-electron chi connectivity index (χ1n) is 14.4. The Morgan fingerprint density at radius 2 is 0.811 bits per heavy atom. The Morgan fingerprint density at radius 3 is 1.03 bits per heavy atom. The molecule has 0 heterocycles. The SMILES string of the molecule is CCOC(=[OH+])[CH-]C(=[OH+])C12CC3CC(CC(C3)C1)C2.CCOC(=[OH+])[CH-]C(=[OH+])C12CC3CC(CC(C3)C1)C2.[Ti]. The Hall–Kier alpha value is -1.27. The summed E-state index contributed by atoms with van der Waals surface area (Å²) in [5, 5.41) is 0. The summed E-state index contributed by atoms with van der Waals surface area (Å²) in [6.07, 6.45) is 17.6. The van der Waals surface area contributed by atoms with E-state index in [4.69, 9.17) is 9.47 Å². The molecule has 8 aliphatic rings. The molecule has 0 aromatic rings. The molecule has 0 aromatic heterocycles. The summed E-state index contributed by atoms with van der Waals surface area (Å²) in [5.41, 5.74) is -0.111.